The number of aryl methyl sites for hydroxylation is 1. The predicted molar refractivity (Wildman–Crippen MR) is 92.5 cm³/mol. The smallest absolute Gasteiger partial charge is 0.225 e. The van der Waals surface area contributed by atoms with Crippen molar-refractivity contribution >= 4 is 11.8 Å². The van der Waals surface area contributed by atoms with E-state index in [9.17, 15) is 9.59 Å². The number of hydrogen-bond donors (Lipinski definition) is 1. The van der Waals surface area contributed by atoms with Crippen LogP contribution in [0.25, 0.3) is 0 Å². The van der Waals surface area contributed by atoms with E-state index in [2.05, 4.69) is 5.32 Å². The summed E-state index contributed by atoms with van der Waals surface area (Å²) in [6.45, 7) is 1.06. The summed E-state index contributed by atoms with van der Waals surface area (Å²) < 4.78 is 5.48. The van der Waals surface area contributed by atoms with E-state index in [0.29, 0.717) is 19.5 Å². The van der Waals surface area contributed by atoms with Gasteiger partial charge in [0.2, 0.25) is 11.8 Å². The van der Waals surface area contributed by atoms with E-state index >= 15 is 0 Å². The molecule has 0 spiro atoms. The first-order chi connectivity index (χ1) is 12.2. The zero-order valence-electron chi connectivity index (χ0n) is 14.1. The topological polar surface area (TPSA) is 62.6 Å². The Bertz CT molecular complexity index is 768. The SMILES string of the molecule is O=C(NC1CCCc2occc21)C1CC(=O)N(Cc2ccccc2)C1. The quantitative estimate of drug-likeness (QED) is 0.932. The maximum absolute atomic E-state index is 12.7. The van der Waals surface area contributed by atoms with E-state index in [1.54, 1.807) is 11.2 Å². The van der Waals surface area contributed by atoms with Crippen molar-refractivity contribution < 1.29 is 14.0 Å². The molecule has 2 aromatic rings. The van der Waals surface area contributed by atoms with Gasteiger partial charge in [0.25, 0.3) is 0 Å². The largest absolute Gasteiger partial charge is 0.469 e. The van der Waals surface area contributed by atoms with Crippen molar-refractivity contribution in [2.45, 2.75) is 38.3 Å². The minimum atomic E-state index is -0.270. The highest BCUT2D eigenvalue weighted by Crippen LogP contribution is 2.31. The van der Waals surface area contributed by atoms with Crippen LogP contribution in [-0.4, -0.2) is 23.3 Å². The second-order valence-corrected chi connectivity index (χ2v) is 6.91. The Morgan fingerprint density at radius 2 is 2.08 bits per heavy atom. The van der Waals surface area contributed by atoms with Crippen molar-refractivity contribution in [2.75, 3.05) is 6.54 Å². The van der Waals surface area contributed by atoms with Gasteiger partial charge in [-0.1, -0.05) is 30.3 Å². The molecule has 4 rings (SSSR count). The molecule has 1 aliphatic heterocycles. The molecule has 5 heteroatoms. The van der Waals surface area contributed by atoms with Crippen LogP contribution in [0.4, 0.5) is 0 Å². The molecule has 0 saturated carbocycles. The second kappa shape index (κ2) is 6.75. The van der Waals surface area contributed by atoms with E-state index in [4.69, 9.17) is 4.42 Å². The highest BCUT2D eigenvalue weighted by Gasteiger charge is 2.35. The van der Waals surface area contributed by atoms with Crippen LogP contribution in [0, 0.1) is 5.92 Å². The third-order valence-corrected chi connectivity index (χ3v) is 5.17. The summed E-state index contributed by atoms with van der Waals surface area (Å²) in [4.78, 5) is 26.7. The van der Waals surface area contributed by atoms with Crippen LogP contribution in [0.2, 0.25) is 0 Å². The predicted octanol–water partition coefficient (Wildman–Crippen LogP) is 2.82. The number of carbonyl (C=O) groups excluding carboxylic acids is 2. The monoisotopic (exact) mass is 338 g/mol. The van der Waals surface area contributed by atoms with E-state index < -0.39 is 0 Å². The first-order valence-corrected chi connectivity index (χ1v) is 8.89. The molecule has 5 nitrogen and oxygen atoms in total. The van der Waals surface area contributed by atoms with Gasteiger partial charge in [-0.15, -0.1) is 0 Å². The van der Waals surface area contributed by atoms with E-state index in [1.807, 2.05) is 36.4 Å². The molecule has 1 aromatic heterocycles. The third kappa shape index (κ3) is 3.31. The number of rotatable bonds is 4. The first kappa shape index (κ1) is 15.9. The molecular weight excluding hydrogens is 316 g/mol. The highest BCUT2D eigenvalue weighted by atomic mass is 16.3. The number of furan rings is 1. The highest BCUT2D eigenvalue weighted by molar-refractivity contribution is 5.89. The van der Waals surface area contributed by atoms with Crippen LogP contribution in [0.5, 0.6) is 0 Å². The van der Waals surface area contributed by atoms with Crippen LogP contribution in [0.15, 0.2) is 47.1 Å². The third-order valence-electron chi connectivity index (χ3n) is 5.17. The summed E-state index contributed by atoms with van der Waals surface area (Å²) in [6.07, 6.45) is 4.85. The molecule has 1 aromatic carbocycles. The molecule has 1 saturated heterocycles. The van der Waals surface area contributed by atoms with E-state index in [1.165, 1.54) is 0 Å². The number of benzene rings is 1. The number of nitrogens with zero attached hydrogens (tertiary/aromatic N) is 1. The van der Waals surface area contributed by atoms with Gasteiger partial charge in [-0.05, 0) is 24.5 Å². The van der Waals surface area contributed by atoms with Gasteiger partial charge in [-0.2, -0.15) is 0 Å². The first-order valence-electron chi connectivity index (χ1n) is 8.89. The molecule has 1 aliphatic carbocycles. The van der Waals surface area contributed by atoms with Crippen molar-refractivity contribution in [2.24, 2.45) is 5.92 Å². The lowest BCUT2D eigenvalue weighted by Gasteiger charge is -2.24. The van der Waals surface area contributed by atoms with Crippen LogP contribution in [-0.2, 0) is 22.6 Å². The summed E-state index contributed by atoms with van der Waals surface area (Å²) in [5.74, 6) is 0.734. The summed E-state index contributed by atoms with van der Waals surface area (Å²) in [5, 5.41) is 3.13. The van der Waals surface area contributed by atoms with Crippen LogP contribution < -0.4 is 5.32 Å². The fourth-order valence-electron chi connectivity index (χ4n) is 3.83. The lowest BCUT2D eigenvalue weighted by molar-refractivity contribution is -0.129. The number of fused-ring (bicyclic) bond motifs is 1. The maximum atomic E-state index is 12.7. The molecule has 2 aliphatic rings. The summed E-state index contributed by atoms with van der Waals surface area (Å²) >= 11 is 0. The number of carbonyl (C=O) groups is 2. The summed E-state index contributed by atoms with van der Waals surface area (Å²) in [7, 11) is 0. The molecule has 0 radical (unpaired) electrons. The average Bonchev–Trinajstić information content (AvgIpc) is 3.24. The van der Waals surface area contributed by atoms with Crippen molar-refractivity contribution in [3.63, 3.8) is 0 Å². The zero-order chi connectivity index (χ0) is 17.2. The fraction of sp³-hybridized carbons (Fsp3) is 0.400. The Hall–Kier alpha value is -2.56. The molecular formula is C20H22N2O3. The zero-order valence-corrected chi connectivity index (χ0v) is 14.1. The molecule has 0 bridgehead atoms. The summed E-state index contributed by atoms with van der Waals surface area (Å²) in [6, 6.07) is 11.8. The van der Waals surface area contributed by atoms with Crippen LogP contribution >= 0.6 is 0 Å². The van der Waals surface area contributed by atoms with Crippen molar-refractivity contribution in [3.05, 3.63) is 59.5 Å². The minimum absolute atomic E-state index is 0.00766. The van der Waals surface area contributed by atoms with Gasteiger partial charge in [0.15, 0.2) is 0 Å². The Morgan fingerprint density at radius 1 is 1.24 bits per heavy atom. The average molecular weight is 338 g/mol. The molecule has 2 heterocycles. The van der Waals surface area contributed by atoms with Gasteiger partial charge in [-0.3, -0.25) is 9.59 Å². The van der Waals surface area contributed by atoms with Gasteiger partial charge in [-0.25, -0.2) is 0 Å². The minimum Gasteiger partial charge on any atom is -0.469 e. The fourth-order valence-corrected chi connectivity index (χ4v) is 3.83. The maximum Gasteiger partial charge on any atom is 0.225 e. The van der Waals surface area contributed by atoms with Crippen molar-refractivity contribution in [3.8, 4) is 0 Å². The molecule has 2 amide bonds. The molecule has 2 unspecified atom stereocenters. The number of amides is 2. The molecule has 25 heavy (non-hydrogen) atoms. The standard InChI is InChI=1S/C20H22N2O3/c23-19-11-15(13-22(19)12-14-5-2-1-3-6-14)20(24)21-17-7-4-8-18-16(17)9-10-25-18/h1-3,5-6,9-10,15,17H,4,7-8,11-13H2,(H,21,24). The van der Waals surface area contributed by atoms with Gasteiger partial charge < -0.3 is 14.6 Å². The van der Waals surface area contributed by atoms with Gasteiger partial charge in [0, 0.05) is 31.5 Å². The molecule has 2 atom stereocenters. The molecule has 1 N–H and O–H groups in total. The number of likely N-dealkylation sites (tertiary alicyclic amines) is 1. The van der Waals surface area contributed by atoms with Gasteiger partial charge in [0.1, 0.15) is 5.76 Å². The van der Waals surface area contributed by atoms with Crippen LogP contribution in [0.3, 0.4) is 0 Å². The lowest BCUT2D eigenvalue weighted by Crippen LogP contribution is -2.36. The Morgan fingerprint density at radius 3 is 2.92 bits per heavy atom. The lowest BCUT2D eigenvalue weighted by atomic mass is 9.93. The molecule has 1 fully saturated rings. The Labute approximate surface area is 147 Å². The van der Waals surface area contributed by atoms with Gasteiger partial charge in [0.05, 0.1) is 18.2 Å². The normalized spacial score (nSPS) is 22.7. The summed E-state index contributed by atoms with van der Waals surface area (Å²) in [5.41, 5.74) is 2.18. The number of hydrogen-bond acceptors (Lipinski definition) is 3. The van der Waals surface area contributed by atoms with E-state index in [0.717, 1.165) is 36.1 Å². The Kier molecular flexibility index (Phi) is 4.30. The van der Waals surface area contributed by atoms with Gasteiger partial charge >= 0.3 is 0 Å². The van der Waals surface area contributed by atoms with Crippen molar-refractivity contribution in [1.82, 2.24) is 10.2 Å². The Balaban J connectivity index is 1.38. The van der Waals surface area contributed by atoms with Crippen LogP contribution in [0.1, 0.15) is 42.2 Å². The number of nitrogens with one attached hydrogen (secondary N) is 1. The van der Waals surface area contributed by atoms with Crippen molar-refractivity contribution in [1.29, 1.82) is 0 Å². The molecule has 130 valence electrons. The second-order valence-electron chi connectivity index (χ2n) is 6.91. The van der Waals surface area contributed by atoms with E-state index in [-0.39, 0.29) is 23.8 Å².